The number of nitrogens with zero attached hydrogens (tertiary/aromatic N) is 1. The average molecular weight is 253 g/mol. The lowest BCUT2D eigenvalue weighted by Gasteiger charge is -2.31. The standard InChI is InChI=1S/C13H16FNO3/c14-11-3-1-10(2-4-11)13(17)8-15-5-6-18-12(7-15)9-16/h1-4,12,16H,5-9H2. The molecular weight excluding hydrogens is 237 g/mol. The Bertz CT molecular complexity index is 407. The molecule has 5 heteroatoms. The highest BCUT2D eigenvalue weighted by Gasteiger charge is 2.21. The van der Waals surface area contributed by atoms with Gasteiger partial charge in [-0.25, -0.2) is 4.39 Å². The number of morpholine rings is 1. The third-order valence-electron chi connectivity index (χ3n) is 2.96. The zero-order valence-electron chi connectivity index (χ0n) is 10.0. The molecule has 1 heterocycles. The number of carbonyl (C=O) groups excluding carboxylic acids is 1. The summed E-state index contributed by atoms with van der Waals surface area (Å²) in [6.07, 6.45) is -0.222. The summed E-state index contributed by atoms with van der Waals surface area (Å²) in [5.41, 5.74) is 0.503. The van der Waals surface area contributed by atoms with Crippen LogP contribution < -0.4 is 0 Å². The van der Waals surface area contributed by atoms with Crippen molar-refractivity contribution >= 4 is 5.78 Å². The van der Waals surface area contributed by atoms with Crippen LogP contribution in [0.4, 0.5) is 4.39 Å². The number of ketones is 1. The summed E-state index contributed by atoms with van der Waals surface area (Å²) in [6, 6.07) is 5.54. The van der Waals surface area contributed by atoms with E-state index in [1.165, 1.54) is 24.3 Å². The Hall–Kier alpha value is -1.30. The van der Waals surface area contributed by atoms with Gasteiger partial charge in [-0.05, 0) is 24.3 Å². The van der Waals surface area contributed by atoms with Gasteiger partial charge in [0.25, 0.3) is 0 Å². The minimum Gasteiger partial charge on any atom is -0.394 e. The molecule has 0 bridgehead atoms. The number of aliphatic hydroxyl groups excluding tert-OH is 1. The molecule has 98 valence electrons. The molecule has 4 nitrogen and oxygen atoms in total. The molecule has 1 aliphatic rings. The van der Waals surface area contributed by atoms with Crippen molar-refractivity contribution in [3.8, 4) is 0 Å². The molecule has 0 radical (unpaired) electrons. The fraction of sp³-hybridized carbons (Fsp3) is 0.462. The maximum Gasteiger partial charge on any atom is 0.176 e. The molecule has 1 unspecified atom stereocenters. The number of hydrogen-bond acceptors (Lipinski definition) is 4. The molecule has 1 atom stereocenters. The summed E-state index contributed by atoms with van der Waals surface area (Å²) in [7, 11) is 0. The molecule has 0 aliphatic carbocycles. The van der Waals surface area contributed by atoms with Crippen LogP contribution in [0.1, 0.15) is 10.4 Å². The molecule has 0 aromatic heterocycles. The first-order valence-corrected chi connectivity index (χ1v) is 5.92. The lowest BCUT2D eigenvalue weighted by Crippen LogP contribution is -2.45. The maximum absolute atomic E-state index is 12.7. The number of hydrogen-bond donors (Lipinski definition) is 1. The number of halogens is 1. The predicted molar refractivity (Wildman–Crippen MR) is 64.0 cm³/mol. The van der Waals surface area contributed by atoms with Crippen molar-refractivity contribution in [3.63, 3.8) is 0 Å². The van der Waals surface area contributed by atoms with Crippen molar-refractivity contribution in [3.05, 3.63) is 35.6 Å². The first-order chi connectivity index (χ1) is 8.69. The van der Waals surface area contributed by atoms with Crippen LogP contribution in [0.25, 0.3) is 0 Å². The van der Waals surface area contributed by atoms with E-state index in [0.717, 1.165) is 0 Å². The summed E-state index contributed by atoms with van der Waals surface area (Å²) in [5, 5.41) is 9.01. The lowest BCUT2D eigenvalue weighted by molar-refractivity contribution is -0.0503. The van der Waals surface area contributed by atoms with Crippen LogP contribution in [-0.2, 0) is 4.74 Å². The van der Waals surface area contributed by atoms with Gasteiger partial charge in [0.05, 0.1) is 25.9 Å². The Morgan fingerprint density at radius 2 is 2.17 bits per heavy atom. The summed E-state index contributed by atoms with van der Waals surface area (Å²) < 4.78 is 18.0. The zero-order valence-corrected chi connectivity index (χ0v) is 10.0. The van der Waals surface area contributed by atoms with Crippen LogP contribution in [-0.4, -0.2) is 54.7 Å². The third-order valence-corrected chi connectivity index (χ3v) is 2.96. The molecule has 1 fully saturated rings. The smallest absolute Gasteiger partial charge is 0.176 e. The Balaban J connectivity index is 1.92. The number of aliphatic hydroxyl groups is 1. The maximum atomic E-state index is 12.7. The van der Waals surface area contributed by atoms with Crippen LogP contribution >= 0.6 is 0 Å². The highest BCUT2D eigenvalue weighted by molar-refractivity contribution is 5.97. The number of benzene rings is 1. The molecule has 1 aromatic carbocycles. The van der Waals surface area contributed by atoms with E-state index in [-0.39, 0.29) is 30.9 Å². The average Bonchev–Trinajstić information content (AvgIpc) is 2.39. The minimum absolute atomic E-state index is 0.0404. The van der Waals surface area contributed by atoms with Crippen LogP contribution in [0.2, 0.25) is 0 Å². The Morgan fingerprint density at radius 1 is 1.44 bits per heavy atom. The molecule has 0 spiro atoms. The first-order valence-electron chi connectivity index (χ1n) is 5.92. The van der Waals surface area contributed by atoms with Gasteiger partial charge in [-0.1, -0.05) is 0 Å². The van der Waals surface area contributed by atoms with Gasteiger partial charge in [-0.3, -0.25) is 9.69 Å². The highest BCUT2D eigenvalue weighted by atomic mass is 19.1. The van der Waals surface area contributed by atoms with Gasteiger partial charge < -0.3 is 9.84 Å². The number of Topliss-reactive ketones (excluding diaryl/α,β-unsaturated/α-hetero) is 1. The second kappa shape index (κ2) is 6.04. The third kappa shape index (κ3) is 3.35. The van der Waals surface area contributed by atoms with Crippen LogP contribution in [0.15, 0.2) is 24.3 Å². The van der Waals surface area contributed by atoms with Crippen LogP contribution in [0.3, 0.4) is 0 Å². The van der Waals surface area contributed by atoms with E-state index in [1.807, 2.05) is 4.90 Å². The normalized spacial score (nSPS) is 20.9. The molecular formula is C13H16FNO3. The van der Waals surface area contributed by atoms with Gasteiger partial charge in [0.15, 0.2) is 5.78 Å². The number of rotatable bonds is 4. The monoisotopic (exact) mass is 253 g/mol. The van der Waals surface area contributed by atoms with E-state index < -0.39 is 0 Å². The Labute approximate surface area is 105 Å². The topological polar surface area (TPSA) is 49.8 Å². The minimum atomic E-state index is -0.349. The molecule has 0 saturated carbocycles. The SMILES string of the molecule is O=C(CN1CCOC(CO)C1)c1ccc(F)cc1. The van der Waals surface area contributed by atoms with Gasteiger partial charge in [0.2, 0.25) is 0 Å². The fourth-order valence-corrected chi connectivity index (χ4v) is 1.96. The van der Waals surface area contributed by atoms with E-state index in [2.05, 4.69) is 0 Å². The van der Waals surface area contributed by atoms with Gasteiger partial charge in [0, 0.05) is 18.7 Å². The zero-order chi connectivity index (χ0) is 13.0. The Kier molecular flexibility index (Phi) is 4.41. The second-order valence-electron chi connectivity index (χ2n) is 4.34. The molecule has 2 rings (SSSR count). The van der Waals surface area contributed by atoms with Crippen molar-refractivity contribution in [2.24, 2.45) is 0 Å². The van der Waals surface area contributed by atoms with Gasteiger partial charge in [-0.2, -0.15) is 0 Å². The summed E-state index contributed by atoms with van der Waals surface area (Å²) in [6.45, 7) is 1.96. The van der Waals surface area contributed by atoms with Gasteiger partial charge in [-0.15, -0.1) is 0 Å². The summed E-state index contributed by atoms with van der Waals surface area (Å²) >= 11 is 0. The van der Waals surface area contributed by atoms with Crippen molar-refractivity contribution in [1.29, 1.82) is 0 Å². The largest absolute Gasteiger partial charge is 0.394 e. The van der Waals surface area contributed by atoms with Crippen molar-refractivity contribution in [2.45, 2.75) is 6.10 Å². The highest BCUT2D eigenvalue weighted by Crippen LogP contribution is 2.08. The molecule has 1 aliphatic heterocycles. The predicted octanol–water partition coefficient (Wildman–Crippen LogP) is 0.701. The van der Waals surface area contributed by atoms with Gasteiger partial charge in [0.1, 0.15) is 5.82 Å². The van der Waals surface area contributed by atoms with E-state index >= 15 is 0 Å². The summed E-state index contributed by atoms with van der Waals surface area (Å²) in [5.74, 6) is -0.396. The molecule has 1 aromatic rings. The Morgan fingerprint density at radius 3 is 2.83 bits per heavy atom. The summed E-state index contributed by atoms with van der Waals surface area (Å²) in [4.78, 5) is 13.9. The van der Waals surface area contributed by atoms with Crippen molar-refractivity contribution in [2.75, 3.05) is 32.8 Å². The van der Waals surface area contributed by atoms with E-state index in [0.29, 0.717) is 25.3 Å². The molecule has 1 saturated heterocycles. The van der Waals surface area contributed by atoms with E-state index in [9.17, 15) is 9.18 Å². The van der Waals surface area contributed by atoms with Crippen molar-refractivity contribution < 1.29 is 19.0 Å². The van der Waals surface area contributed by atoms with E-state index in [4.69, 9.17) is 9.84 Å². The fourth-order valence-electron chi connectivity index (χ4n) is 1.96. The van der Waals surface area contributed by atoms with Crippen LogP contribution in [0.5, 0.6) is 0 Å². The first kappa shape index (κ1) is 13.1. The molecule has 18 heavy (non-hydrogen) atoms. The molecule has 1 N–H and O–H groups in total. The van der Waals surface area contributed by atoms with Crippen LogP contribution in [0, 0.1) is 5.82 Å². The molecule has 0 amide bonds. The quantitative estimate of drug-likeness (QED) is 0.803. The van der Waals surface area contributed by atoms with Crippen molar-refractivity contribution in [1.82, 2.24) is 4.90 Å². The van der Waals surface area contributed by atoms with E-state index in [1.54, 1.807) is 0 Å². The number of ether oxygens (including phenoxy) is 1. The second-order valence-corrected chi connectivity index (χ2v) is 4.34. The lowest BCUT2D eigenvalue weighted by atomic mass is 10.1. The number of carbonyl (C=O) groups is 1. The van der Waals surface area contributed by atoms with Gasteiger partial charge >= 0.3 is 0 Å².